The van der Waals surface area contributed by atoms with Gasteiger partial charge in [0, 0.05) is 23.5 Å². The summed E-state index contributed by atoms with van der Waals surface area (Å²) in [6.45, 7) is 4.70. The van der Waals surface area contributed by atoms with Crippen LogP contribution in [-0.4, -0.2) is 79.6 Å². The zero-order valence-corrected chi connectivity index (χ0v) is 24.4. The molecule has 1 fully saturated rings. The first-order valence-corrected chi connectivity index (χ1v) is 14.5. The minimum Gasteiger partial charge on any atom is -0.496 e. The molecule has 0 bridgehead atoms. The first-order valence-electron chi connectivity index (χ1n) is 13.7. The summed E-state index contributed by atoms with van der Waals surface area (Å²) in [5.41, 5.74) is 0.00128. The number of methoxy groups -OCH3 is 1. The number of aliphatic hydroxyl groups is 2. The van der Waals surface area contributed by atoms with Crippen LogP contribution in [0.25, 0.3) is 5.00 Å². The van der Waals surface area contributed by atoms with Crippen LogP contribution in [0.3, 0.4) is 0 Å². The zero-order valence-electron chi connectivity index (χ0n) is 23.6. The fraction of sp³-hybridized carbons (Fsp3) is 0.483. The molecule has 2 atom stereocenters. The van der Waals surface area contributed by atoms with Gasteiger partial charge in [-0.25, -0.2) is 9.48 Å². The maximum atomic E-state index is 13.9. The summed E-state index contributed by atoms with van der Waals surface area (Å²) < 4.78 is 14.0. The van der Waals surface area contributed by atoms with E-state index in [1.165, 1.54) is 25.2 Å². The van der Waals surface area contributed by atoms with Crippen molar-refractivity contribution in [3.05, 3.63) is 59.4 Å². The highest BCUT2D eigenvalue weighted by molar-refractivity contribution is 7.19. The number of thiophene rings is 1. The number of fused-ring (bicyclic) bond motifs is 1. The van der Waals surface area contributed by atoms with Crippen LogP contribution in [0.15, 0.2) is 42.7 Å². The van der Waals surface area contributed by atoms with Crippen molar-refractivity contribution in [1.29, 1.82) is 0 Å². The summed E-state index contributed by atoms with van der Waals surface area (Å²) in [6.07, 6.45) is 3.36. The molecule has 0 spiro atoms. The Balaban J connectivity index is 1.61. The first kappa shape index (κ1) is 29.1. The van der Waals surface area contributed by atoms with E-state index in [1.54, 1.807) is 42.1 Å². The molecule has 5 rings (SSSR count). The van der Waals surface area contributed by atoms with Gasteiger partial charge in [0.1, 0.15) is 27.4 Å². The van der Waals surface area contributed by atoms with Crippen molar-refractivity contribution in [2.75, 3.05) is 18.6 Å². The van der Waals surface area contributed by atoms with E-state index in [0.717, 1.165) is 10.5 Å². The van der Waals surface area contributed by atoms with Crippen LogP contribution in [-0.2, 0) is 9.53 Å². The number of nitrogens with zero attached hydrogens (tertiary/aromatic N) is 4. The van der Waals surface area contributed by atoms with E-state index >= 15 is 0 Å². The molecule has 3 aromatic rings. The van der Waals surface area contributed by atoms with Crippen LogP contribution >= 0.6 is 11.3 Å². The Morgan fingerprint density at radius 1 is 1.15 bits per heavy atom. The smallest absolute Gasteiger partial charge is 0.329 e. The lowest BCUT2D eigenvalue weighted by atomic mass is 9.94. The number of aliphatic hydroxyl groups excluding tert-OH is 2. The first-order chi connectivity index (χ1) is 19.5. The summed E-state index contributed by atoms with van der Waals surface area (Å²) >= 11 is 1.30. The van der Waals surface area contributed by atoms with Gasteiger partial charge < -0.3 is 29.7 Å². The van der Waals surface area contributed by atoms with Crippen molar-refractivity contribution in [3.63, 3.8) is 0 Å². The molecule has 0 radical (unpaired) electrons. The second kappa shape index (κ2) is 11.4. The minimum absolute atomic E-state index is 0.103. The van der Waals surface area contributed by atoms with Crippen LogP contribution in [0.4, 0.5) is 5.00 Å². The van der Waals surface area contributed by atoms with Gasteiger partial charge >= 0.3 is 5.97 Å². The van der Waals surface area contributed by atoms with Gasteiger partial charge in [0.05, 0.1) is 31.4 Å². The lowest BCUT2D eigenvalue weighted by Crippen LogP contribution is -2.65. The van der Waals surface area contributed by atoms with Gasteiger partial charge in [-0.1, -0.05) is 29.5 Å². The number of amides is 1. The van der Waals surface area contributed by atoms with Crippen LogP contribution in [0.5, 0.6) is 5.75 Å². The number of carbonyl (C=O) groups is 2. The second-order valence-corrected chi connectivity index (χ2v) is 12.0. The van der Waals surface area contributed by atoms with E-state index < -0.39 is 29.9 Å². The fourth-order valence-corrected chi connectivity index (χ4v) is 6.85. The molecule has 0 saturated heterocycles. The standard InChI is InChI=1S/C29H36N4O7S/c1-17-23-24(35)33(29(2,3)27(36)37)28(38)31(26(23)41-25(17)32-15-7-14-30-32)16-22(20-8-5-6-9-21(20)39-4)40-19-12-10-18(34)11-13-19/h5-9,14-15,18-19,22,28,34,38H,10-13,16H2,1-4H3,(H,36,37)/t18-,19+,22-,28?/m0/s1. The summed E-state index contributed by atoms with van der Waals surface area (Å²) in [5.74, 6) is -1.20. The molecule has 12 heteroatoms. The van der Waals surface area contributed by atoms with Gasteiger partial charge in [-0.05, 0) is 58.6 Å². The van der Waals surface area contributed by atoms with E-state index in [2.05, 4.69) is 5.10 Å². The molecule has 3 N–H and O–H groups in total. The van der Waals surface area contributed by atoms with E-state index in [-0.39, 0.29) is 18.8 Å². The van der Waals surface area contributed by atoms with E-state index in [0.29, 0.717) is 52.6 Å². The quantitative estimate of drug-likeness (QED) is 0.344. The third-order valence-electron chi connectivity index (χ3n) is 7.99. The van der Waals surface area contributed by atoms with Crippen molar-refractivity contribution in [1.82, 2.24) is 14.7 Å². The summed E-state index contributed by atoms with van der Waals surface area (Å²) in [5, 5.41) is 37.4. The molecule has 1 amide bonds. The Morgan fingerprint density at radius 2 is 1.85 bits per heavy atom. The molecule has 3 heterocycles. The molecule has 41 heavy (non-hydrogen) atoms. The van der Waals surface area contributed by atoms with Crippen molar-refractivity contribution in [2.24, 2.45) is 0 Å². The number of benzene rings is 1. The molecule has 1 unspecified atom stereocenters. The molecule has 220 valence electrons. The number of carbonyl (C=O) groups excluding carboxylic acids is 1. The average molecular weight is 585 g/mol. The highest BCUT2D eigenvalue weighted by atomic mass is 32.1. The molecular formula is C29H36N4O7S. The number of rotatable bonds is 9. The van der Waals surface area contributed by atoms with Gasteiger partial charge in [-0.3, -0.25) is 9.69 Å². The maximum Gasteiger partial charge on any atom is 0.329 e. The molecule has 11 nitrogen and oxygen atoms in total. The number of para-hydroxylation sites is 1. The number of carboxylic acids is 1. The van der Waals surface area contributed by atoms with Crippen molar-refractivity contribution in [3.8, 4) is 10.8 Å². The van der Waals surface area contributed by atoms with Crippen LogP contribution in [0.1, 0.15) is 67.1 Å². The van der Waals surface area contributed by atoms with Crippen molar-refractivity contribution < 1.29 is 34.4 Å². The second-order valence-electron chi connectivity index (χ2n) is 11.0. The van der Waals surface area contributed by atoms with Gasteiger partial charge in [-0.15, -0.1) is 0 Å². The Labute approximate surface area is 242 Å². The molecule has 1 aromatic carbocycles. The number of hydrogen-bond donors (Lipinski definition) is 3. The minimum atomic E-state index is -1.72. The van der Waals surface area contributed by atoms with Crippen LogP contribution < -0.4 is 9.64 Å². The Hall–Kier alpha value is -3.45. The van der Waals surface area contributed by atoms with E-state index in [4.69, 9.17) is 9.47 Å². The topological polar surface area (TPSA) is 138 Å². The third-order valence-corrected chi connectivity index (χ3v) is 9.31. The van der Waals surface area contributed by atoms with Gasteiger partial charge in [0.25, 0.3) is 5.91 Å². The SMILES string of the molecule is COc1ccccc1[C@H](CN1c2sc(-n3cccn3)c(C)c2C(=O)N(C(C)(C)C(=O)O)C1O)O[C@H]1CC[C@@H](O)CC1. The third kappa shape index (κ3) is 5.32. The predicted molar refractivity (Wildman–Crippen MR) is 152 cm³/mol. The van der Waals surface area contributed by atoms with Gasteiger partial charge in [0.2, 0.25) is 6.35 Å². The molecule has 1 aliphatic heterocycles. The number of carboxylic acid groups (broad SMARTS) is 1. The normalized spacial score (nSPS) is 22.0. The Morgan fingerprint density at radius 3 is 2.49 bits per heavy atom. The monoisotopic (exact) mass is 584 g/mol. The highest BCUT2D eigenvalue weighted by Crippen LogP contribution is 2.46. The molecule has 1 saturated carbocycles. The van der Waals surface area contributed by atoms with E-state index in [9.17, 15) is 24.9 Å². The number of ether oxygens (including phenoxy) is 2. The Bertz CT molecular complexity index is 1400. The predicted octanol–water partition coefficient (Wildman–Crippen LogP) is 3.71. The molecule has 1 aliphatic carbocycles. The fourth-order valence-electron chi connectivity index (χ4n) is 5.58. The average Bonchev–Trinajstić information content (AvgIpc) is 3.59. The summed E-state index contributed by atoms with van der Waals surface area (Å²) in [6, 6.07) is 9.25. The summed E-state index contributed by atoms with van der Waals surface area (Å²) in [7, 11) is 1.58. The van der Waals surface area contributed by atoms with Crippen LogP contribution in [0.2, 0.25) is 0 Å². The molecule has 2 aromatic heterocycles. The van der Waals surface area contributed by atoms with Crippen LogP contribution in [0, 0.1) is 6.92 Å². The highest BCUT2D eigenvalue weighted by Gasteiger charge is 2.50. The number of aliphatic carboxylic acids is 1. The number of anilines is 1. The van der Waals surface area contributed by atoms with Crippen molar-refractivity contribution >= 4 is 28.2 Å². The van der Waals surface area contributed by atoms with Crippen molar-refractivity contribution in [2.45, 2.75) is 76.7 Å². The van der Waals surface area contributed by atoms with Gasteiger partial charge in [-0.2, -0.15) is 5.10 Å². The lowest BCUT2D eigenvalue weighted by Gasteiger charge is -2.47. The lowest BCUT2D eigenvalue weighted by molar-refractivity contribution is -0.154. The Kier molecular flexibility index (Phi) is 8.11. The van der Waals surface area contributed by atoms with E-state index in [1.807, 2.05) is 24.3 Å². The molecular weight excluding hydrogens is 548 g/mol. The maximum absolute atomic E-state index is 13.9. The van der Waals surface area contributed by atoms with Gasteiger partial charge in [0.15, 0.2) is 0 Å². The molecule has 2 aliphatic rings. The largest absolute Gasteiger partial charge is 0.496 e. The summed E-state index contributed by atoms with van der Waals surface area (Å²) in [4.78, 5) is 28.9. The number of hydrogen-bond acceptors (Lipinski definition) is 9. The zero-order chi connectivity index (χ0) is 29.5. The number of aromatic nitrogens is 2.